The van der Waals surface area contributed by atoms with Crippen LogP contribution >= 0.6 is 0 Å². The van der Waals surface area contributed by atoms with E-state index in [1.165, 1.54) is 17.9 Å². The molecule has 0 saturated heterocycles. The summed E-state index contributed by atoms with van der Waals surface area (Å²) < 4.78 is 5.58. The van der Waals surface area contributed by atoms with Crippen LogP contribution in [-0.4, -0.2) is 35.8 Å². The van der Waals surface area contributed by atoms with E-state index in [1.807, 2.05) is 30.3 Å². The van der Waals surface area contributed by atoms with Crippen molar-refractivity contribution in [2.45, 2.75) is 13.3 Å². The van der Waals surface area contributed by atoms with Crippen molar-refractivity contribution in [3.05, 3.63) is 59.7 Å². The largest absolute Gasteiger partial charge is 0.494 e. The molecule has 2 aromatic rings. The number of nitrogens with zero attached hydrogens (tertiary/aromatic N) is 1. The lowest BCUT2D eigenvalue weighted by molar-refractivity contribution is -0.114. The van der Waals surface area contributed by atoms with Gasteiger partial charge in [-0.1, -0.05) is 18.2 Å². The number of carbonyl (C=O) groups excluding carboxylic acids is 3. The number of imide groups is 1. The van der Waals surface area contributed by atoms with E-state index in [1.54, 1.807) is 12.1 Å². The first-order valence-corrected chi connectivity index (χ1v) is 8.02. The van der Waals surface area contributed by atoms with Crippen molar-refractivity contribution in [3.8, 4) is 5.75 Å². The fourth-order valence-corrected chi connectivity index (χ4v) is 2.70. The Morgan fingerprint density at radius 1 is 1.04 bits per heavy atom. The molecule has 0 aromatic heterocycles. The molecule has 6 heteroatoms. The van der Waals surface area contributed by atoms with Crippen molar-refractivity contribution in [3.63, 3.8) is 0 Å². The zero-order valence-electron chi connectivity index (χ0n) is 13.8. The molecule has 3 amide bonds. The predicted octanol–water partition coefficient (Wildman–Crippen LogP) is 2.71. The number of carbonyl (C=O) groups is 3. The summed E-state index contributed by atoms with van der Waals surface area (Å²) in [5, 5.41) is 2.61. The molecular weight excluding hydrogens is 320 g/mol. The smallest absolute Gasteiger partial charge is 0.261 e. The number of anilines is 1. The molecule has 1 heterocycles. The average Bonchev–Trinajstić information content (AvgIpc) is 2.83. The van der Waals surface area contributed by atoms with Gasteiger partial charge in [0.1, 0.15) is 5.75 Å². The van der Waals surface area contributed by atoms with E-state index in [4.69, 9.17) is 4.74 Å². The standard InChI is InChI=1S/C19H18N2O4/c1-13(22)20-14-8-9-16-17(12-14)19(24)21(18(16)23)10-5-11-25-15-6-3-2-4-7-15/h2-4,6-9,12H,5,10-11H2,1H3,(H,20,22). The zero-order chi connectivity index (χ0) is 17.8. The minimum absolute atomic E-state index is 0.230. The Hall–Kier alpha value is -3.15. The monoisotopic (exact) mass is 338 g/mol. The first-order valence-electron chi connectivity index (χ1n) is 8.02. The maximum Gasteiger partial charge on any atom is 0.261 e. The highest BCUT2D eigenvalue weighted by molar-refractivity contribution is 6.21. The quantitative estimate of drug-likeness (QED) is 0.649. The Kier molecular flexibility index (Phi) is 4.79. The summed E-state index contributed by atoms with van der Waals surface area (Å²) in [6.07, 6.45) is 0.541. The number of hydrogen-bond acceptors (Lipinski definition) is 4. The second-order valence-electron chi connectivity index (χ2n) is 5.72. The molecule has 0 aliphatic carbocycles. The lowest BCUT2D eigenvalue weighted by Gasteiger charge is -2.13. The van der Waals surface area contributed by atoms with Crippen molar-refractivity contribution < 1.29 is 19.1 Å². The Morgan fingerprint density at radius 2 is 1.76 bits per heavy atom. The van der Waals surface area contributed by atoms with E-state index in [0.717, 1.165) is 5.75 Å². The maximum atomic E-state index is 12.5. The molecule has 0 fully saturated rings. The third kappa shape index (κ3) is 3.68. The number of fused-ring (bicyclic) bond motifs is 1. The average molecular weight is 338 g/mol. The summed E-state index contributed by atoms with van der Waals surface area (Å²) in [5.74, 6) is -0.127. The molecule has 6 nitrogen and oxygen atoms in total. The van der Waals surface area contributed by atoms with Crippen LogP contribution in [0.15, 0.2) is 48.5 Å². The van der Waals surface area contributed by atoms with Gasteiger partial charge in [-0.15, -0.1) is 0 Å². The van der Waals surface area contributed by atoms with E-state index in [-0.39, 0.29) is 24.3 Å². The van der Waals surface area contributed by atoms with Crippen LogP contribution < -0.4 is 10.1 Å². The van der Waals surface area contributed by atoms with Gasteiger partial charge in [0.15, 0.2) is 0 Å². The van der Waals surface area contributed by atoms with Gasteiger partial charge in [0.25, 0.3) is 11.8 Å². The molecule has 0 saturated carbocycles. The van der Waals surface area contributed by atoms with Crippen LogP contribution in [0.4, 0.5) is 5.69 Å². The Labute approximate surface area is 145 Å². The van der Waals surface area contributed by atoms with Crippen molar-refractivity contribution in [2.24, 2.45) is 0 Å². The number of ether oxygens (including phenoxy) is 1. The molecule has 128 valence electrons. The van der Waals surface area contributed by atoms with Gasteiger partial charge in [0.05, 0.1) is 17.7 Å². The third-order valence-corrected chi connectivity index (χ3v) is 3.83. The molecule has 25 heavy (non-hydrogen) atoms. The molecule has 0 atom stereocenters. The van der Waals surface area contributed by atoms with Crippen LogP contribution in [0, 0.1) is 0 Å². The molecule has 2 aromatic carbocycles. The van der Waals surface area contributed by atoms with Gasteiger partial charge in [0, 0.05) is 19.2 Å². The highest BCUT2D eigenvalue weighted by atomic mass is 16.5. The molecule has 0 spiro atoms. The van der Waals surface area contributed by atoms with Crippen molar-refractivity contribution in [1.82, 2.24) is 4.90 Å². The molecule has 1 N–H and O–H groups in total. The lowest BCUT2D eigenvalue weighted by Crippen LogP contribution is -2.31. The molecule has 1 aliphatic heterocycles. The second-order valence-corrected chi connectivity index (χ2v) is 5.72. The summed E-state index contributed by atoms with van der Waals surface area (Å²) >= 11 is 0. The summed E-state index contributed by atoms with van der Waals surface area (Å²) in [7, 11) is 0. The summed E-state index contributed by atoms with van der Waals surface area (Å²) in [5.41, 5.74) is 1.19. The van der Waals surface area contributed by atoms with E-state index in [9.17, 15) is 14.4 Å². The second kappa shape index (κ2) is 7.17. The Morgan fingerprint density at radius 3 is 2.48 bits per heavy atom. The van der Waals surface area contributed by atoms with Gasteiger partial charge >= 0.3 is 0 Å². The minimum atomic E-state index is -0.341. The van der Waals surface area contributed by atoms with Gasteiger partial charge < -0.3 is 10.1 Å². The molecule has 0 radical (unpaired) electrons. The van der Waals surface area contributed by atoms with Gasteiger partial charge in [-0.25, -0.2) is 0 Å². The number of benzene rings is 2. The van der Waals surface area contributed by atoms with E-state index in [0.29, 0.717) is 29.8 Å². The van der Waals surface area contributed by atoms with E-state index in [2.05, 4.69) is 5.32 Å². The highest BCUT2D eigenvalue weighted by Crippen LogP contribution is 2.26. The minimum Gasteiger partial charge on any atom is -0.494 e. The van der Waals surface area contributed by atoms with Gasteiger partial charge in [-0.3, -0.25) is 19.3 Å². The molecule has 0 unspecified atom stereocenters. The first kappa shape index (κ1) is 16.7. The normalized spacial score (nSPS) is 12.9. The SMILES string of the molecule is CC(=O)Nc1ccc2c(c1)C(=O)N(CCCOc1ccccc1)C2=O. The van der Waals surface area contributed by atoms with E-state index >= 15 is 0 Å². The number of hydrogen-bond donors (Lipinski definition) is 1. The van der Waals surface area contributed by atoms with Crippen molar-refractivity contribution in [1.29, 1.82) is 0 Å². The van der Waals surface area contributed by atoms with Crippen LogP contribution in [0.3, 0.4) is 0 Å². The Balaban J connectivity index is 1.60. The fourth-order valence-electron chi connectivity index (χ4n) is 2.70. The van der Waals surface area contributed by atoms with Crippen LogP contribution in [0.1, 0.15) is 34.1 Å². The molecule has 0 bridgehead atoms. The number of amides is 3. The van der Waals surface area contributed by atoms with Gasteiger partial charge in [-0.05, 0) is 36.8 Å². The predicted molar refractivity (Wildman–Crippen MR) is 92.7 cm³/mol. The summed E-state index contributed by atoms with van der Waals surface area (Å²) in [6.45, 7) is 2.09. The molecular formula is C19H18N2O4. The number of nitrogens with one attached hydrogen (secondary N) is 1. The van der Waals surface area contributed by atoms with E-state index < -0.39 is 0 Å². The molecule has 3 rings (SSSR count). The molecule has 1 aliphatic rings. The zero-order valence-corrected chi connectivity index (χ0v) is 13.8. The van der Waals surface area contributed by atoms with Crippen LogP contribution in [-0.2, 0) is 4.79 Å². The third-order valence-electron chi connectivity index (χ3n) is 3.83. The van der Waals surface area contributed by atoms with Gasteiger partial charge in [0.2, 0.25) is 5.91 Å². The van der Waals surface area contributed by atoms with Crippen LogP contribution in [0.2, 0.25) is 0 Å². The lowest BCUT2D eigenvalue weighted by atomic mass is 10.1. The summed E-state index contributed by atoms with van der Waals surface area (Å²) in [4.78, 5) is 37.2. The Bertz CT molecular complexity index is 817. The van der Waals surface area contributed by atoms with Crippen molar-refractivity contribution >= 4 is 23.4 Å². The first-order chi connectivity index (χ1) is 12.1. The van der Waals surface area contributed by atoms with Gasteiger partial charge in [-0.2, -0.15) is 0 Å². The van der Waals surface area contributed by atoms with Crippen molar-refractivity contribution in [2.75, 3.05) is 18.5 Å². The summed E-state index contributed by atoms with van der Waals surface area (Å²) in [6, 6.07) is 14.1. The fraction of sp³-hybridized carbons (Fsp3) is 0.211. The highest BCUT2D eigenvalue weighted by Gasteiger charge is 2.35. The number of rotatable bonds is 6. The number of para-hydroxylation sites is 1. The van der Waals surface area contributed by atoms with Crippen LogP contribution in [0.5, 0.6) is 5.75 Å². The maximum absolute atomic E-state index is 12.5. The van der Waals surface area contributed by atoms with Crippen LogP contribution in [0.25, 0.3) is 0 Å². The topological polar surface area (TPSA) is 75.7 Å².